The Hall–Kier alpha value is -2.41. The third-order valence-corrected chi connectivity index (χ3v) is 6.57. The molecule has 0 bridgehead atoms. The summed E-state index contributed by atoms with van der Waals surface area (Å²) in [7, 11) is 1.44. The van der Waals surface area contributed by atoms with Gasteiger partial charge in [0, 0.05) is 31.4 Å². The molecular weight excluding hydrogens is 432 g/mol. The number of aromatic nitrogens is 1. The minimum absolute atomic E-state index is 0.0116. The monoisotopic (exact) mass is 456 g/mol. The lowest BCUT2D eigenvalue weighted by Gasteiger charge is -2.37. The Bertz CT molecular complexity index is 1060. The number of rotatable bonds is 7. The fourth-order valence-corrected chi connectivity index (χ4v) is 4.71. The predicted octanol–water partition coefficient (Wildman–Crippen LogP) is 5.52. The van der Waals surface area contributed by atoms with Gasteiger partial charge >= 0.3 is 5.97 Å². The van der Waals surface area contributed by atoms with Crippen LogP contribution < -0.4 is 4.74 Å². The molecule has 1 aliphatic heterocycles. The summed E-state index contributed by atoms with van der Waals surface area (Å²) in [4.78, 5) is 19.4. The molecule has 1 fully saturated rings. The number of ether oxygens (including phenoxy) is 2. The Morgan fingerprint density at radius 1 is 1.19 bits per heavy atom. The molecular formula is C24H25ClN2O3S. The largest absolute Gasteiger partial charge is 0.489 e. The fraction of sp³-hybridized carbons (Fsp3) is 0.333. The van der Waals surface area contributed by atoms with Crippen LogP contribution in [-0.4, -0.2) is 42.2 Å². The van der Waals surface area contributed by atoms with Gasteiger partial charge in [-0.3, -0.25) is 9.69 Å². The summed E-state index contributed by atoms with van der Waals surface area (Å²) in [6.07, 6.45) is 1.96. The highest BCUT2D eigenvalue weighted by Gasteiger charge is 2.33. The number of likely N-dealkylation sites (tertiary alicyclic amines) is 1. The normalized spacial score (nSPS) is 14.5. The number of hydrogen-bond acceptors (Lipinski definition) is 6. The lowest BCUT2D eigenvalue weighted by atomic mass is 9.99. The molecule has 0 amide bonds. The molecule has 0 atom stereocenters. The van der Waals surface area contributed by atoms with Gasteiger partial charge in [0.2, 0.25) is 0 Å². The second-order valence-corrected chi connectivity index (χ2v) is 9.39. The van der Waals surface area contributed by atoms with Crippen molar-refractivity contribution in [3.63, 3.8) is 0 Å². The van der Waals surface area contributed by atoms with Gasteiger partial charge in [-0.1, -0.05) is 35.9 Å². The summed E-state index contributed by atoms with van der Waals surface area (Å²) in [6, 6.07) is 14.3. The molecule has 2 heterocycles. The van der Waals surface area contributed by atoms with E-state index in [2.05, 4.69) is 34.1 Å². The van der Waals surface area contributed by atoms with Gasteiger partial charge in [-0.15, -0.1) is 11.3 Å². The summed E-state index contributed by atoms with van der Waals surface area (Å²) in [5.74, 6) is 0.591. The summed E-state index contributed by atoms with van der Waals surface area (Å²) < 4.78 is 10.5. The molecule has 31 heavy (non-hydrogen) atoms. The van der Waals surface area contributed by atoms with Gasteiger partial charge in [-0.05, 0) is 43.2 Å². The maximum atomic E-state index is 11.5. The van der Waals surface area contributed by atoms with E-state index in [0.29, 0.717) is 10.8 Å². The first-order valence-corrected chi connectivity index (χ1v) is 11.4. The fourth-order valence-electron chi connectivity index (χ4n) is 3.57. The smallest absolute Gasteiger partial charge is 0.311 e. The quantitative estimate of drug-likeness (QED) is 0.438. The molecule has 5 nitrogen and oxygen atoms in total. The van der Waals surface area contributed by atoms with Crippen molar-refractivity contribution in [1.29, 1.82) is 0 Å². The molecule has 0 aliphatic carbocycles. The average molecular weight is 457 g/mol. The number of hydrogen-bond donors (Lipinski definition) is 0. The zero-order valence-electron chi connectivity index (χ0n) is 17.8. The van der Waals surface area contributed by atoms with E-state index in [0.717, 1.165) is 40.6 Å². The maximum Gasteiger partial charge on any atom is 0.311 e. The second kappa shape index (κ2) is 9.39. The van der Waals surface area contributed by atoms with Crippen molar-refractivity contribution in [3.8, 4) is 26.8 Å². The number of benzene rings is 2. The highest BCUT2D eigenvalue weighted by atomic mass is 35.5. The van der Waals surface area contributed by atoms with E-state index in [1.54, 1.807) is 11.3 Å². The molecule has 0 spiro atoms. The Labute approximate surface area is 191 Å². The average Bonchev–Trinajstić information content (AvgIpc) is 3.22. The molecule has 1 aromatic heterocycles. The molecule has 7 heteroatoms. The number of carbonyl (C=O) groups is 1. The van der Waals surface area contributed by atoms with Gasteiger partial charge in [0.05, 0.1) is 29.0 Å². The maximum absolute atomic E-state index is 11.5. The second-order valence-electron chi connectivity index (χ2n) is 7.95. The number of thiazole rings is 1. The van der Waals surface area contributed by atoms with Crippen molar-refractivity contribution >= 4 is 28.9 Å². The zero-order valence-corrected chi connectivity index (χ0v) is 19.4. The number of nitrogens with zero attached hydrogens (tertiary/aromatic N) is 2. The number of carbonyl (C=O) groups excluding carboxylic acids is 1. The van der Waals surface area contributed by atoms with Gasteiger partial charge in [-0.25, -0.2) is 4.98 Å². The first-order valence-electron chi connectivity index (χ1n) is 10.2. The Morgan fingerprint density at radius 3 is 2.55 bits per heavy atom. The molecule has 0 N–H and O–H groups in total. The Balaban J connectivity index is 1.40. The third kappa shape index (κ3) is 5.09. The van der Waals surface area contributed by atoms with Crippen LogP contribution in [0.1, 0.15) is 19.4 Å². The molecule has 162 valence electrons. The number of halogens is 1. The summed E-state index contributed by atoms with van der Waals surface area (Å²) in [5.41, 5.74) is 3.33. The first kappa shape index (κ1) is 21.8. The van der Waals surface area contributed by atoms with Crippen LogP contribution in [0.5, 0.6) is 5.75 Å². The lowest BCUT2D eigenvalue weighted by Crippen LogP contribution is -2.49. The zero-order chi connectivity index (χ0) is 22.0. The van der Waals surface area contributed by atoms with Gasteiger partial charge in [0.15, 0.2) is 0 Å². The van der Waals surface area contributed by atoms with E-state index in [1.807, 2.05) is 38.2 Å². The van der Waals surface area contributed by atoms with Gasteiger partial charge in [0.25, 0.3) is 0 Å². The summed E-state index contributed by atoms with van der Waals surface area (Å²) in [6.45, 7) is 6.31. The third-order valence-electron chi connectivity index (χ3n) is 5.18. The van der Waals surface area contributed by atoms with E-state index in [9.17, 15) is 4.79 Å². The molecule has 0 unspecified atom stereocenters. The highest BCUT2D eigenvalue weighted by molar-refractivity contribution is 7.18. The van der Waals surface area contributed by atoms with Crippen LogP contribution >= 0.6 is 22.9 Å². The summed E-state index contributed by atoms with van der Waals surface area (Å²) in [5, 5.41) is 1.57. The van der Waals surface area contributed by atoms with Crippen LogP contribution in [-0.2, 0) is 16.1 Å². The predicted molar refractivity (Wildman–Crippen MR) is 125 cm³/mol. The van der Waals surface area contributed by atoms with Crippen LogP contribution in [0.25, 0.3) is 21.0 Å². The van der Waals surface area contributed by atoms with Gasteiger partial charge in [-0.2, -0.15) is 0 Å². The number of esters is 1. The van der Waals surface area contributed by atoms with E-state index in [-0.39, 0.29) is 18.0 Å². The molecule has 3 aromatic rings. The van der Waals surface area contributed by atoms with Crippen molar-refractivity contribution in [2.24, 2.45) is 5.92 Å². The van der Waals surface area contributed by atoms with Crippen LogP contribution in [0.2, 0.25) is 5.02 Å². The molecule has 2 aromatic carbocycles. The minimum atomic E-state index is -0.116. The van der Waals surface area contributed by atoms with E-state index < -0.39 is 0 Å². The van der Waals surface area contributed by atoms with Crippen LogP contribution in [0, 0.1) is 5.92 Å². The SMILES string of the molecule is COC(=O)C1CN(Cc2ccc(-c3ncc(-c4ccc(OC(C)C)c(Cl)c4)s3)cc2)C1. The Morgan fingerprint density at radius 2 is 1.90 bits per heavy atom. The summed E-state index contributed by atoms with van der Waals surface area (Å²) >= 11 is 8.02. The van der Waals surface area contributed by atoms with Crippen molar-refractivity contribution in [2.45, 2.75) is 26.5 Å². The molecule has 0 radical (unpaired) electrons. The van der Waals surface area contributed by atoms with E-state index in [4.69, 9.17) is 21.1 Å². The minimum Gasteiger partial charge on any atom is -0.489 e. The van der Waals surface area contributed by atoms with Crippen LogP contribution in [0.15, 0.2) is 48.7 Å². The van der Waals surface area contributed by atoms with Crippen LogP contribution in [0.3, 0.4) is 0 Å². The number of methoxy groups -OCH3 is 1. The van der Waals surface area contributed by atoms with Crippen LogP contribution in [0.4, 0.5) is 0 Å². The highest BCUT2D eigenvalue weighted by Crippen LogP contribution is 2.36. The van der Waals surface area contributed by atoms with Crippen molar-refractivity contribution in [2.75, 3.05) is 20.2 Å². The van der Waals surface area contributed by atoms with E-state index in [1.165, 1.54) is 12.7 Å². The molecule has 4 rings (SSSR count). The van der Waals surface area contributed by atoms with Crippen molar-refractivity contribution in [1.82, 2.24) is 9.88 Å². The standard InChI is InChI=1S/C24H25ClN2O3S/c1-15(2)30-21-9-8-18(10-20(21)25)22-11-26-23(31-22)17-6-4-16(5-7-17)12-27-13-19(14-27)24(28)29-3/h4-11,15,19H,12-14H2,1-3H3. The molecule has 0 saturated carbocycles. The van der Waals surface area contributed by atoms with Gasteiger partial charge in [0.1, 0.15) is 10.8 Å². The topological polar surface area (TPSA) is 51.7 Å². The van der Waals surface area contributed by atoms with Gasteiger partial charge < -0.3 is 9.47 Å². The van der Waals surface area contributed by atoms with Crippen molar-refractivity contribution in [3.05, 3.63) is 59.2 Å². The Kier molecular flexibility index (Phi) is 6.60. The van der Waals surface area contributed by atoms with E-state index >= 15 is 0 Å². The molecule has 1 saturated heterocycles. The lowest BCUT2D eigenvalue weighted by molar-refractivity contribution is -0.151. The molecule has 1 aliphatic rings. The first-order chi connectivity index (χ1) is 14.9. The van der Waals surface area contributed by atoms with Crippen molar-refractivity contribution < 1.29 is 14.3 Å².